The zero-order valence-corrected chi connectivity index (χ0v) is 15.5. The maximum Gasteiger partial charge on any atom is 0.314 e. The molecule has 0 aliphatic carbocycles. The van der Waals surface area contributed by atoms with Gasteiger partial charge >= 0.3 is 6.03 Å². The van der Waals surface area contributed by atoms with E-state index >= 15 is 0 Å². The number of nitrogens with two attached hydrogens (primary N) is 1. The first-order chi connectivity index (χ1) is 11.3. The van der Waals surface area contributed by atoms with Crippen molar-refractivity contribution >= 4 is 6.03 Å². The Balaban J connectivity index is 2.99. The number of hydrogen-bond donors (Lipinski definition) is 3. The molecule has 0 radical (unpaired) electrons. The van der Waals surface area contributed by atoms with E-state index < -0.39 is 0 Å². The van der Waals surface area contributed by atoms with E-state index in [2.05, 4.69) is 10.6 Å². The lowest BCUT2D eigenvalue weighted by molar-refractivity contribution is 0.242. The zero-order chi connectivity index (χ0) is 17.0. The minimum absolute atomic E-state index is 0.0689. The smallest absolute Gasteiger partial charge is 0.314 e. The summed E-state index contributed by atoms with van der Waals surface area (Å²) in [5.74, 6) is 0. The average molecular weight is 328 g/mol. The highest BCUT2D eigenvalue weighted by molar-refractivity contribution is 5.73. The molecular weight excluding hydrogens is 286 g/mol. The third kappa shape index (κ3) is 19.2. The van der Waals surface area contributed by atoms with Crippen molar-refractivity contribution < 1.29 is 4.79 Å². The van der Waals surface area contributed by atoms with Gasteiger partial charge < -0.3 is 16.4 Å². The lowest BCUT2D eigenvalue weighted by Crippen LogP contribution is -2.33. The number of urea groups is 1. The normalized spacial score (nSPS) is 10.7. The van der Waals surface area contributed by atoms with Crippen LogP contribution in [-0.2, 0) is 0 Å². The molecule has 0 spiro atoms. The fourth-order valence-corrected chi connectivity index (χ4v) is 2.86. The van der Waals surface area contributed by atoms with E-state index in [1.165, 1.54) is 89.9 Å². The van der Waals surface area contributed by atoms with Crippen LogP contribution in [-0.4, -0.2) is 26.2 Å². The van der Waals surface area contributed by atoms with E-state index in [-0.39, 0.29) is 6.03 Å². The first-order valence-corrected chi connectivity index (χ1v) is 9.97. The molecule has 0 unspecified atom stereocenters. The van der Waals surface area contributed by atoms with Crippen LogP contribution in [0.4, 0.5) is 4.79 Å². The van der Waals surface area contributed by atoms with Crippen LogP contribution in [0, 0.1) is 0 Å². The van der Waals surface area contributed by atoms with Gasteiger partial charge in [-0.2, -0.15) is 0 Å². The fraction of sp³-hybridized carbons (Fsp3) is 0.947. The highest BCUT2D eigenvalue weighted by atomic mass is 16.2. The molecule has 0 rings (SSSR count). The second kappa shape index (κ2) is 19.3. The van der Waals surface area contributed by atoms with Gasteiger partial charge in [0, 0.05) is 13.6 Å². The molecule has 4 N–H and O–H groups in total. The van der Waals surface area contributed by atoms with E-state index in [9.17, 15) is 4.79 Å². The Kier molecular flexibility index (Phi) is 18.6. The lowest BCUT2D eigenvalue weighted by Gasteiger charge is -2.05. The van der Waals surface area contributed by atoms with E-state index in [0.717, 1.165) is 19.5 Å². The quantitative estimate of drug-likeness (QED) is 0.338. The molecule has 0 aliphatic heterocycles. The summed E-state index contributed by atoms with van der Waals surface area (Å²) in [6, 6.07) is -0.0689. The van der Waals surface area contributed by atoms with Gasteiger partial charge in [-0.3, -0.25) is 0 Å². The van der Waals surface area contributed by atoms with Crippen LogP contribution in [0.1, 0.15) is 96.3 Å². The molecule has 0 heterocycles. The molecule has 138 valence electrons. The number of rotatable bonds is 17. The number of carbonyl (C=O) groups excluding carboxylic acids is 1. The van der Waals surface area contributed by atoms with Crippen molar-refractivity contribution in [3.63, 3.8) is 0 Å². The van der Waals surface area contributed by atoms with Crippen molar-refractivity contribution in [2.45, 2.75) is 96.3 Å². The molecule has 0 bridgehead atoms. The lowest BCUT2D eigenvalue weighted by atomic mass is 10.0. The second-order valence-electron chi connectivity index (χ2n) is 6.60. The van der Waals surface area contributed by atoms with Crippen molar-refractivity contribution in [1.29, 1.82) is 0 Å². The van der Waals surface area contributed by atoms with Gasteiger partial charge in [0.2, 0.25) is 0 Å². The molecule has 0 aliphatic rings. The van der Waals surface area contributed by atoms with Gasteiger partial charge in [-0.1, -0.05) is 83.5 Å². The molecule has 0 aromatic heterocycles. The van der Waals surface area contributed by atoms with E-state index in [1.54, 1.807) is 7.05 Å². The number of unbranched alkanes of at least 4 members (excludes halogenated alkanes) is 14. The highest BCUT2D eigenvalue weighted by Gasteiger charge is 1.96. The maximum atomic E-state index is 10.9. The van der Waals surface area contributed by atoms with Crippen molar-refractivity contribution in [3.05, 3.63) is 0 Å². The maximum absolute atomic E-state index is 10.9. The van der Waals surface area contributed by atoms with Gasteiger partial charge in [-0.25, -0.2) is 4.79 Å². The third-order valence-corrected chi connectivity index (χ3v) is 4.39. The number of hydrogen-bond acceptors (Lipinski definition) is 2. The first kappa shape index (κ1) is 22.2. The van der Waals surface area contributed by atoms with Gasteiger partial charge in [0.05, 0.1) is 0 Å². The average Bonchev–Trinajstić information content (AvgIpc) is 2.57. The van der Waals surface area contributed by atoms with Crippen LogP contribution in [0.3, 0.4) is 0 Å². The molecule has 4 nitrogen and oxygen atoms in total. The molecule has 23 heavy (non-hydrogen) atoms. The minimum atomic E-state index is -0.0689. The highest BCUT2D eigenvalue weighted by Crippen LogP contribution is 2.13. The van der Waals surface area contributed by atoms with Crippen molar-refractivity contribution in [1.82, 2.24) is 10.6 Å². The molecule has 0 saturated carbocycles. The minimum Gasteiger partial charge on any atom is -0.341 e. The molecular formula is C19H41N3O. The zero-order valence-electron chi connectivity index (χ0n) is 15.5. The number of carbonyl (C=O) groups is 1. The summed E-state index contributed by atoms with van der Waals surface area (Å²) in [6.45, 7) is 1.65. The summed E-state index contributed by atoms with van der Waals surface area (Å²) in [7, 11) is 1.65. The Labute approximate surface area is 144 Å². The molecule has 2 amide bonds. The molecule has 0 fully saturated rings. The molecule has 0 atom stereocenters. The summed E-state index contributed by atoms with van der Waals surface area (Å²) in [5, 5.41) is 5.39. The van der Waals surface area contributed by atoms with Gasteiger partial charge in [-0.05, 0) is 19.4 Å². The van der Waals surface area contributed by atoms with Crippen LogP contribution in [0.25, 0.3) is 0 Å². The summed E-state index contributed by atoms with van der Waals surface area (Å²) in [6.07, 6.45) is 20.1. The fourth-order valence-electron chi connectivity index (χ4n) is 2.86. The van der Waals surface area contributed by atoms with E-state index in [1.807, 2.05) is 0 Å². The Morgan fingerprint density at radius 2 is 1.00 bits per heavy atom. The van der Waals surface area contributed by atoms with Crippen LogP contribution in [0.5, 0.6) is 0 Å². The van der Waals surface area contributed by atoms with E-state index in [0.29, 0.717) is 0 Å². The van der Waals surface area contributed by atoms with Gasteiger partial charge in [0.25, 0.3) is 0 Å². The molecule has 0 aromatic carbocycles. The van der Waals surface area contributed by atoms with Crippen molar-refractivity contribution in [3.8, 4) is 0 Å². The predicted molar refractivity (Wildman–Crippen MR) is 101 cm³/mol. The van der Waals surface area contributed by atoms with E-state index in [4.69, 9.17) is 5.73 Å². The number of amides is 2. The Morgan fingerprint density at radius 3 is 1.35 bits per heavy atom. The monoisotopic (exact) mass is 327 g/mol. The van der Waals surface area contributed by atoms with Gasteiger partial charge in [-0.15, -0.1) is 0 Å². The number of nitrogens with one attached hydrogen (secondary N) is 2. The summed E-state index contributed by atoms with van der Waals surface area (Å²) in [5.41, 5.74) is 5.49. The standard InChI is InChI=1S/C19H41N3O/c1-21-19(23)22-18-16-14-12-10-8-6-4-2-3-5-7-9-11-13-15-17-20/h2-18,20H2,1H3,(H2,21,22,23). The third-order valence-electron chi connectivity index (χ3n) is 4.39. The Hall–Kier alpha value is -0.770. The van der Waals surface area contributed by atoms with Crippen LogP contribution in [0.15, 0.2) is 0 Å². The van der Waals surface area contributed by atoms with Gasteiger partial charge in [0.1, 0.15) is 0 Å². The Morgan fingerprint density at radius 1 is 0.652 bits per heavy atom. The molecule has 4 heteroatoms. The summed E-state index contributed by atoms with van der Waals surface area (Å²) < 4.78 is 0. The molecule has 0 aromatic rings. The van der Waals surface area contributed by atoms with Crippen LogP contribution >= 0.6 is 0 Å². The Bertz CT molecular complexity index is 247. The SMILES string of the molecule is CNC(=O)NCCCCCCCCCCCCCCCCCN. The van der Waals surface area contributed by atoms with Crippen molar-refractivity contribution in [2.75, 3.05) is 20.1 Å². The first-order valence-electron chi connectivity index (χ1n) is 9.97. The van der Waals surface area contributed by atoms with Gasteiger partial charge in [0.15, 0.2) is 0 Å². The summed E-state index contributed by atoms with van der Waals surface area (Å²) in [4.78, 5) is 10.9. The second-order valence-corrected chi connectivity index (χ2v) is 6.60. The van der Waals surface area contributed by atoms with Crippen molar-refractivity contribution in [2.24, 2.45) is 5.73 Å². The van der Waals surface area contributed by atoms with Crippen LogP contribution in [0.2, 0.25) is 0 Å². The predicted octanol–water partition coefficient (Wildman–Crippen LogP) is 4.73. The van der Waals surface area contributed by atoms with Crippen LogP contribution < -0.4 is 16.4 Å². The molecule has 0 saturated heterocycles. The topological polar surface area (TPSA) is 67.2 Å². The largest absolute Gasteiger partial charge is 0.341 e. The summed E-state index contributed by atoms with van der Waals surface area (Å²) >= 11 is 0.